The molecule has 49 heavy (non-hydrogen) atoms. The lowest BCUT2D eigenvalue weighted by atomic mass is 9.66. The molecule has 0 atom stereocenters. The molecule has 0 bridgehead atoms. The molecule has 7 aromatic carbocycles. The normalized spacial score (nSPS) is 13.6. The maximum absolute atomic E-state index is 7.13. The predicted molar refractivity (Wildman–Crippen MR) is 197 cm³/mol. The van der Waals surface area contributed by atoms with Crippen molar-refractivity contribution >= 4 is 32.7 Å². The van der Waals surface area contributed by atoms with Crippen LogP contribution in [0.15, 0.2) is 164 Å². The zero-order valence-corrected chi connectivity index (χ0v) is 26.3. The van der Waals surface area contributed by atoms with Gasteiger partial charge in [0.2, 0.25) is 5.95 Å². The standard InChI is InChI=1S/C45H27N3O/c1-2-14-28(15-3-1)41-33-19-6-11-23-38(33)46-44(47-41)48-39-24-12-7-18-31(39)32-26-27-37-43(42(32)48)49-40-25-13-10-22-36(40)45(37)34-20-8-4-16-29(34)30-17-5-9-21-35(30)45/h1-27H. The van der Waals surface area contributed by atoms with Gasteiger partial charge in [0.05, 0.1) is 22.1 Å². The number of hydrogen-bond acceptors (Lipinski definition) is 3. The van der Waals surface area contributed by atoms with Crippen molar-refractivity contribution in [1.29, 1.82) is 0 Å². The monoisotopic (exact) mass is 625 g/mol. The van der Waals surface area contributed by atoms with Gasteiger partial charge in [0.1, 0.15) is 11.3 Å². The zero-order valence-electron chi connectivity index (χ0n) is 26.3. The van der Waals surface area contributed by atoms with Gasteiger partial charge in [0.25, 0.3) is 0 Å². The van der Waals surface area contributed by atoms with E-state index in [4.69, 9.17) is 14.7 Å². The van der Waals surface area contributed by atoms with Gasteiger partial charge < -0.3 is 4.74 Å². The number of benzene rings is 7. The van der Waals surface area contributed by atoms with Crippen LogP contribution in [0.2, 0.25) is 0 Å². The first-order chi connectivity index (χ1) is 24.3. The van der Waals surface area contributed by atoms with Crippen LogP contribution >= 0.6 is 0 Å². The lowest BCUT2D eigenvalue weighted by Gasteiger charge is -2.39. The van der Waals surface area contributed by atoms with Gasteiger partial charge in [0.15, 0.2) is 5.75 Å². The Balaban J connectivity index is 1.31. The van der Waals surface area contributed by atoms with Crippen LogP contribution in [-0.4, -0.2) is 14.5 Å². The molecule has 4 nitrogen and oxygen atoms in total. The van der Waals surface area contributed by atoms with E-state index in [1.54, 1.807) is 0 Å². The molecule has 0 fully saturated rings. The van der Waals surface area contributed by atoms with Gasteiger partial charge in [-0.1, -0.05) is 146 Å². The quantitative estimate of drug-likeness (QED) is 0.192. The molecule has 1 aliphatic carbocycles. The SMILES string of the molecule is c1ccc(-c2nc(-n3c4ccccc4c4ccc5c(c43)Oc3ccccc3C53c4ccccc4-c4ccccc43)nc3ccccc23)cc1. The van der Waals surface area contributed by atoms with E-state index in [-0.39, 0.29) is 0 Å². The van der Waals surface area contributed by atoms with E-state index in [1.165, 1.54) is 22.3 Å². The summed E-state index contributed by atoms with van der Waals surface area (Å²) in [4.78, 5) is 10.6. The highest BCUT2D eigenvalue weighted by Gasteiger charge is 2.51. The summed E-state index contributed by atoms with van der Waals surface area (Å²) in [5.41, 5.74) is 11.6. The van der Waals surface area contributed by atoms with Crippen molar-refractivity contribution in [3.8, 4) is 39.8 Å². The van der Waals surface area contributed by atoms with Crippen molar-refractivity contribution in [2.24, 2.45) is 0 Å². The minimum absolute atomic E-state index is 0.563. The Labute approximate surface area is 282 Å². The molecule has 0 unspecified atom stereocenters. The Kier molecular flexibility index (Phi) is 5.28. The number of nitrogens with zero attached hydrogens (tertiary/aromatic N) is 3. The molecule has 4 heteroatoms. The van der Waals surface area contributed by atoms with Crippen LogP contribution < -0.4 is 4.74 Å². The molecule has 2 aliphatic rings. The van der Waals surface area contributed by atoms with E-state index in [1.807, 2.05) is 12.1 Å². The first-order valence-electron chi connectivity index (χ1n) is 16.7. The van der Waals surface area contributed by atoms with E-state index < -0.39 is 5.41 Å². The highest BCUT2D eigenvalue weighted by molar-refractivity contribution is 6.12. The molecule has 11 rings (SSSR count). The van der Waals surface area contributed by atoms with Gasteiger partial charge in [-0.05, 0) is 40.5 Å². The molecule has 0 saturated heterocycles. The fraction of sp³-hybridized carbons (Fsp3) is 0.0222. The van der Waals surface area contributed by atoms with Crippen LogP contribution in [0, 0.1) is 0 Å². The maximum atomic E-state index is 7.13. The van der Waals surface area contributed by atoms with Crippen LogP contribution in [0.5, 0.6) is 11.5 Å². The largest absolute Gasteiger partial charge is 0.454 e. The van der Waals surface area contributed by atoms with Gasteiger partial charge >= 0.3 is 0 Å². The van der Waals surface area contributed by atoms with Crippen molar-refractivity contribution in [1.82, 2.24) is 14.5 Å². The number of ether oxygens (including phenoxy) is 1. The number of para-hydroxylation sites is 3. The van der Waals surface area contributed by atoms with E-state index in [2.05, 4.69) is 156 Å². The summed E-state index contributed by atoms with van der Waals surface area (Å²) in [7, 11) is 0. The molecule has 1 spiro atoms. The van der Waals surface area contributed by atoms with E-state index in [0.29, 0.717) is 5.95 Å². The number of fused-ring (bicyclic) bond motifs is 14. The first-order valence-corrected chi connectivity index (χ1v) is 16.7. The Bertz CT molecular complexity index is 2770. The summed E-state index contributed by atoms with van der Waals surface area (Å²) in [5, 5.41) is 3.24. The van der Waals surface area contributed by atoms with Crippen molar-refractivity contribution in [3.05, 3.63) is 186 Å². The molecule has 1 aliphatic heterocycles. The summed E-state index contributed by atoms with van der Waals surface area (Å²) in [6.07, 6.45) is 0. The van der Waals surface area contributed by atoms with Gasteiger partial charge in [-0.25, -0.2) is 9.97 Å². The Morgan fingerprint density at radius 3 is 1.90 bits per heavy atom. The van der Waals surface area contributed by atoms with Crippen molar-refractivity contribution in [2.45, 2.75) is 5.41 Å². The second-order valence-electron chi connectivity index (χ2n) is 12.9. The molecule has 228 valence electrons. The molecule has 0 radical (unpaired) electrons. The van der Waals surface area contributed by atoms with Crippen LogP contribution in [0.4, 0.5) is 0 Å². The van der Waals surface area contributed by atoms with E-state index >= 15 is 0 Å². The van der Waals surface area contributed by atoms with Gasteiger partial charge in [-0.3, -0.25) is 4.57 Å². The Hall–Kier alpha value is -6.52. The van der Waals surface area contributed by atoms with E-state index in [9.17, 15) is 0 Å². The highest BCUT2D eigenvalue weighted by atomic mass is 16.5. The molecule has 2 aromatic heterocycles. The Morgan fingerprint density at radius 2 is 1.10 bits per heavy atom. The molecular formula is C45H27N3O. The maximum Gasteiger partial charge on any atom is 0.235 e. The molecule has 0 saturated carbocycles. The fourth-order valence-corrected chi connectivity index (χ4v) is 8.55. The average Bonchev–Trinajstić information content (AvgIpc) is 3.66. The van der Waals surface area contributed by atoms with Gasteiger partial charge in [-0.2, -0.15) is 0 Å². The number of rotatable bonds is 2. The van der Waals surface area contributed by atoms with E-state index in [0.717, 1.165) is 66.6 Å². The highest BCUT2D eigenvalue weighted by Crippen LogP contribution is 2.63. The van der Waals surface area contributed by atoms with Crippen molar-refractivity contribution in [3.63, 3.8) is 0 Å². The molecule has 9 aromatic rings. The predicted octanol–water partition coefficient (Wildman–Crippen LogP) is 10.9. The second kappa shape index (κ2) is 9.75. The lowest BCUT2D eigenvalue weighted by Crippen LogP contribution is -2.32. The van der Waals surface area contributed by atoms with Crippen molar-refractivity contribution < 1.29 is 4.74 Å². The summed E-state index contributed by atoms with van der Waals surface area (Å²) in [5.74, 6) is 2.30. The first kappa shape index (κ1) is 26.5. The third-order valence-corrected chi connectivity index (χ3v) is 10.5. The van der Waals surface area contributed by atoms with Gasteiger partial charge in [0, 0.05) is 32.8 Å². The Morgan fingerprint density at radius 1 is 0.469 bits per heavy atom. The number of hydrogen-bond donors (Lipinski definition) is 0. The average molecular weight is 626 g/mol. The third-order valence-electron chi connectivity index (χ3n) is 10.5. The zero-order chi connectivity index (χ0) is 32.1. The second-order valence-corrected chi connectivity index (χ2v) is 12.9. The van der Waals surface area contributed by atoms with Gasteiger partial charge in [-0.15, -0.1) is 0 Å². The summed E-state index contributed by atoms with van der Waals surface area (Å²) in [6, 6.07) is 58.0. The van der Waals surface area contributed by atoms with Crippen LogP contribution in [-0.2, 0) is 5.41 Å². The third kappa shape index (κ3) is 3.42. The fourth-order valence-electron chi connectivity index (χ4n) is 8.55. The summed E-state index contributed by atoms with van der Waals surface area (Å²) >= 11 is 0. The number of aromatic nitrogens is 3. The lowest BCUT2D eigenvalue weighted by molar-refractivity contribution is 0.440. The van der Waals surface area contributed by atoms with Crippen molar-refractivity contribution in [2.75, 3.05) is 0 Å². The smallest absolute Gasteiger partial charge is 0.235 e. The van der Waals surface area contributed by atoms with Crippen LogP contribution in [0.3, 0.4) is 0 Å². The topological polar surface area (TPSA) is 39.9 Å². The summed E-state index contributed by atoms with van der Waals surface area (Å²) in [6.45, 7) is 0. The minimum atomic E-state index is -0.563. The molecule has 0 amide bonds. The summed E-state index contributed by atoms with van der Waals surface area (Å²) < 4.78 is 9.34. The molecule has 3 heterocycles. The van der Waals surface area contributed by atoms with Crippen LogP contribution in [0.25, 0.3) is 61.0 Å². The van der Waals surface area contributed by atoms with Crippen LogP contribution in [0.1, 0.15) is 22.3 Å². The minimum Gasteiger partial charge on any atom is -0.454 e. The molecule has 0 N–H and O–H groups in total. The molecular weight excluding hydrogens is 599 g/mol.